The summed E-state index contributed by atoms with van der Waals surface area (Å²) >= 11 is 0. The SMILES string of the molecule is CNc1ncnc(N(C)c2ccc(C)cc2)c1C. The van der Waals surface area contributed by atoms with E-state index in [4.69, 9.17) is 0 Å². The molecule has 0 saturated carbocycles. The second kappa shape index (κ2) is 5.04. The van der Waals surface area contributed by atoms with Crippen LogP contribution in [0, 0.1) is 13.8 Å². The highest BCUT2D eigenvalue weighted by Crippen LogP contribution is 2.27. The number of benzene rings is 1. The highest BCUT2D eigenvalue weighted by Gasteiger charge is 2.11. The highest BCUT2D eigenvalue weighted by molar-refractivity contribution is 5.66. The molecule has 0 bridgehead atoms. The molecule has 18 heavy (non-hydrogen) atoms. The fourth-order valence-corrected chi connectivity index (χ4v) is 1.92. The van der Waals surface area contributed by atoms with Crippen molar-refractivity contribution in [1.82, 2.24) is 9.97 Å². The van der Waals surface area contributed by atoms with Crippen molar-refractivity contribution in [2.45, 2.75) is 13.8 Å². The van der Waals surface area contributed by atoms with Crippen molar-refractivity contribution in [2.24, 2.45) is 0 Å². The molecule has 2 rings (SSSR count). The summed E-state index contributed by atoms with van der Waals surface area (Å²) in [6.45, 7) is 4.10. The quantitative estimate of drug-likeness (QED) is 0.898. The van der Waals surface area contributed by atoms with Crippen LogP contribution in [0.25, 0.3) is 0 Å². The third kappa shape index (κ3) is 2.27. The predicted molar refractivity (Wildman–Crippen MR) is 75.6 cm³/mol. The maximum Gasteiger partial charge on any atom is 0.141 e. The summed E-state index contributed by atoms with van der Waals surface area (Å²) in [6.07, 6.45) is 1.58. The van der Waals surface area contributed by atoms with Gasteiger partial charge in [-0.1, -0.05) is 17.7 Å². The highest BCUT2D eigenvalue weighted by atomic mass is 15.2. The Bertz CT molecular complexity index is 534. The Hall–Kier alpha value is -2.10. The lowest BCUT2D eigenvalue weighted by Gasteiger charge is -2.21. The molecule has 1 aromatic heterocycles. The van der Waals surface area contributed by atoms with E-state index in [0.717, 1.165) is 22.9 Å². The van der Waals surface area contributed by atoms with Crippen LogP contribution in [0.1, 0.15) is 11.1 Å². The number of anilines is 3. The summed E-state index contributed by atoms with van der Waals surface area (Å²) in [6, 6.07) is 8.38. The van der Waals surface area contributed by atoms with Crippen molar-refractivity contribution < 1.29 is 0 Å². The summed E-state index contributed by atoms with van der Waals surface area (Å²) in [7, 11) is 3.88. The van der Waals surface area contributed by atoms with Crippen molar-refractivity contribution in [3.05, 3.63) is 41.7 Å². The van der Waals surface area contributed by atoms with Gasteiger partial charge >= 0.3 is 0 Å². The molecule has 0 aliphatic heterocycles. The van der Waals surface area contributed by atoms with Crippen LogP contribution in [0.4, 0.5) is 17.3 Å². The molecule has 2 aromatic rings. The van der Waals surface area contributed by atoms with Gasteiger partial charge in [-0.25, -0.2) is 9.97 Å². The number of nitrogens with one attached hydrogen (secondary N) is 1. The Morgan fingerprint density at radius 2 is 1.72 bits per heavy atom. The average Bonchev–Trinajstić information content (AvgIpc) is 2.39. The van der Waals surface area contributed by atoms with Crippen LogP contribution >= 0.6 is 0 Å². The first-order valence-electron chi connectivity index (χ1n) is 5.93. The topological polar surface area (TPSA) is 41.1 Å². The molecule has 0 fully saturated rings. The number of hydrogen-bond donors (Lipinski definition) is 1. The fourth-order valence-electron chi connectivity index (χ4n) is 1.92. The van der Waals surface area contributed by atoms with Crippen molar-refractivity contribution in [3.8, 4) is 0 Å². The van der Waals surface area contributed by atoms with E-state index < -0.39 is 0 Å². The van der Waals surface area contributed by atoms with Crippen LogP contribution in [0.2, 0.25) is 0 Å². The molecule has 0 saturated heterocycles. The molecule has 94 valence electrons. The van der Waals surface area contributed by atoms with Gasteiger partial charge in [0, 0.05) is 25.3 Å². The van der Waals surface area contributed by atoms with Crippen molar-refractivity contribution in [2.75, 3.05) is 24.3 Å². The van der Waals surface area contributed by atoms with Gasteiger partial charge in [0.25, 0.3) is 0 Å². The standard InChI is InChI=1S/C14H18N4/c1-10-5-7-12(8-6-10)18(4)14-11(2)13(15-3)16-9-17-14/h5-9H,1-4H3,(H,15,16,17). The lowest BCUT2D eigenvalue weighted by molar-refractivity contribution is 1.05. The molecular weight excluding hydrogens is 224 g/mol. The Morgan fingerprint density at radius 1 is 1.06 bits per heavy atom. The molecule has 0 atom stereocenters. The number of hydrogen-bond acceptors (Lipinski definition) is 4. The smallest absolute Gasteiger partial charge is 0.141 e. The largest absolute Gasteiger partial charge is 0.373 e. The zero-order valence-electron chi connectivity index (χ0n) is 11.2. The minimum absolute atomic E-state index is 0.860. The van der Waals surface area contributed by atoms with Gasteiger partial charge in [-0.3, -0.25) is 0 Å². The summed E-state index contributed by atoms with van der Waals surface area (Å²) in [5, 5.41) is 3.07. The summed E-state index contributed by atoms with van der Waals surface area (Å²) in [5.41, 5.74) is 3.41. The van der Waals surface area contributed by atoms with E-state index in [1.807, 2.05) is 21.0 Å². The Morgan fingerprint density at radius 3 is 2.33 bits per heavy atom. The van der Waals surface area contributed by atoms with Crippen LogP contribution in [-0.4, -0.2) is 24.1 Å². The lowest BCUT2D eigenvalue weighted by Crippen LogP contribution is -2.14. The Balaban J connectivity index is 2.39. The number of aryl methyl sites for hydroxylation is 1. The molecule has 1 N–H and O–H groups in total. The zero-order chi connectivity index (χ0) is 13.1. The van der Waals surface area contributed by atoms with Crippen LogP contribution < -0.4 is 10.2 Å². The number of aromatic nitrogens is 2. The van der Waals surface area contributed by atoms with Crippen molar-refractivity contribution >= 4 is 17.3 Å². The van der Waals surface area contributed by atoms with Crippen LogP contribution in [0.3, 0.4) is 0 Å². The van der Waals surface area contributed by atoms with Crippen molar-refractivity contribution in [3.63, 3.8) is 0 Å². The van der Waals surface area contributed by atoms with Crippen molar-refractivity contribution in [1.29, 1.82) is 0 Å². The molecule has 0 aliphatic carbocycles. The molecule has 1 aromatic carbocycles. The number of nitrogens with zero attached hydrogens (tertiary/aromatic N) is 3. The van der Waals surface area contributed by atoms with E-state index in [9.17, 15) is 0 Å². The summed E-state index contributed by atoms with van der Waals surface area (Å²) < 4.78 is 0. The summed E-state index contributed by atoms with van der Waals surface area (Å²) in [4.78, 5) is 10.6. The van der Waals surface area contributed by atoms with Crippen LogP contribution in [-0.2, 0) is 0 Å². The second-order valence-corrected chi connectivity index (χ2v) is 4.32. The molecule has 0 aliphatic rings. The summed E-state index contributed by atoms with van der Waals surface area (Å²) in [5.74, 6) is 1.78. The third-order valence-electron chi connectivity index (χ3n) is 3.03. The maximum absolute atomic E-state index is 4.36. The maximum atomic E-state index is 4.36. The first kappa shape index (κ1) is 12.4. The van der Waals surface area contributed by atoms with Gasteiger partial charge < -0.3 is 10.2 Å². The molecule has 4 heteroatoms. The molecule has 0 spiro atoms. The molecule has 0 amide bonds. The predicted octanol–water partition coefficient (Wildman–Crippen LogP) is 2.90. The molecular formula is C14H18N4. The van der Waals surface area contributed by atoms with E-state index in [0.29, 0.717) is 0 Å². The molecule has 1 heterocycles. The van der Waals surface area contributed by atoms with E-state index in [1.165, 1.54) is 5.56 Å². The number of rotatable bonds is 3. The van der Waals surface area contributed by atoms with E-state index >= 15 is 0 Å². The minimum Gasteiger partial charge on any atom is -0.373 e. The van der Waals surface area contributed by atoms with Gasteiger partial charge in [0.05, 0.1) is 0 Å². The van der Waals surface area contributed by atoms with Gasteiger partial charge in [0.2, 0.25) is 0 Å². The second-order valence-electron chi connectivity index (χ2n) is 4.32. The van der Waals surface area contributed by atoms with E-state index in [-0.39, 0.29) is 0 Å². The lowest BCUT2D eigenvalue weighted by atomic mass is 10.2. The Labute approximate surface area is 108 Å². The monoisotopic (exact) mass is 242 g/mol. The van der Waals surface area contributed by atoms with Gasteiger partial charge in [0.1, 0.15) is 18.0 Å². The average molecular weight is 242 g/mol. The first-order chi connectivity index (χ1) is 8.63. The van der Waals surface area contributed by atoms with Gasteiger partial charge in [0.15, 0.2) is 0 Å². The minimum atomic E-state index is 0.860. The normalized spacial score (nSPS) is 10.2. The van der Waals surface area contributed by atoms with Gasteiger partial charge in [-0.05, 0) is 26.0 Å². The zero-order valence-corrected chi connectivity index (χ0v) is 11.2. The van der Waals surface area contributed by atoms with Gasteiger partial charge in [-0.2, -0.15) is 0 Å². The van der Waals surface area contributed by atoms with E-state index in [2.05, 4.69) is 51.4 Å². The Kier molecular flexibility index (Phi) is 3.46. The van der Waals surface area contributed by atoms with Crippen LogP contribution in [0.5, 0.6) is 0 Å². The fraction of sp³-hybridized carbons (Fsp3) is 0.286. The van der Waals surface area contributed by atoms with Gasteiger partial charge in [-0.15, -0.1) is 0 Å². The molecule has 0 unspecified atom stereocenters. The first-order valence-corrected chi connectivity index (χ1v) is 5.93. The van der Waals surface area contributed by atoms with Crippen LogP contribution in [0.15, 0.2) is 30.6 Å². The molecule has 4 nitrogen and oxygen atoms in total. The third-order valence-corrected chi connectivity index (χ3v) is 3.03. The molecule has 0 radical (unpaired) electrons. The van der Waals surface area contributed by atoms with E-state index in [1.54, 1.807) is 6.33 Å².